The molecule has 0 spiro atoms. The Kier molecular flexibility index (Phi) is 2.55. The van der Waals surface area contributed by atoms with E-state index in [-0.39, 0.29) is 10.6 Å². The molecule has 0 saturated heterocycles. The second-order valence-electron chi connectivity index (χ2n) is 2.94. The van der Waals surface area contributed by atoms with Gasteiger partial charge < -0.3 is 0 Å². The summed E-state index contributed by atoms with van der Waals surface area (Å²) < 4.78 is 0. The van der Waals surface area contributed by atoms with Crippen LogP contribution in [0.25, 0.3) is 10.9 Å². The van der Waals surface area contributed by atoms with E-state index in [0.717, 1.165) is 4.90 Å². The van der Waals surface area contributed by atoms with E-state index >= 15 is 0 Å². The monoisotopic (exact) mass is 220 g/mol. The van der Waals surface area contributed by atoms with Crippen LogP contribution in [0.4, 0.5) is 5.69 Å². The van der Waals surface area contributed by atoms with Gasteiger partial charge in [-0.25, -0.2) is 0 Å². The lowest BCUT2D eigenvalue weighted by molar-refractivity contribution is -0.383. The van der Waals surface area contributed by atoms with Gasteiger partial charge in [0.1, 0.15) is 0 Å². The summed E-state index contributed by atoms with van der Waals surface area (Å²) >= 11 is 1.53. The van der Waals surface area contributed by atoms with Crippen LogP contribution in [-0.2, 0) is 0 Å². The van der Waals surface area contributed by atoms with Crippen molar-refractivity contribution < 1.29 is 4.92 Å². The fourth-order valence-electron chi connectivity index (χ4n) is 1.46. The Morgan fingerprint density at radius 2 is 2.20 bits per heavy atom. The van der Waals surface area contributed by atoms with Crippen molar-refractivity contribution in [1.29, 1.82) is 0 Å². The Morgan fingerprint density at radius 3 is 2.87 bits per heavy atom. The minimum Gasteiger partial charge on any atom is -0.258 e. The molecule has 0 aliphatic rings. The number of fused-ring (bicyclic) bond motifs is 1. The van der Waals surface area contributed by atoms with Gasteiger partial charge in [-0.1, -0.05) is 0 Å². The Hall–Kier alpha value is -1.62. The standard InChI is InChI=1S/C10H8N2O2S/c1-15-9-5-4-8(12(13)14)7-3-2-6-11-10(7)9/h2-6H,1H3. The Bertz CT molecular complexity index is 528. The van der Waals surface area contributed by atoms with Gasteiger partial charge in [0.15, 0.2) is 0 Å². The molecule has 0 saturated carbocycles. The molecule has 1 aromatic carbocycles. The predicted octanol–water partition coefficient (Wildman–Crippen LogP) is 2.86. The van der Waals surface area contributed by atoms with Crippen LogP contribution in [0.2, 0.25) is 0 Å². The molecule has 5 heteroatoms. The van der Waals surface area contributed by atoms with Crippen LogP contribution >= 0.6 is 11.8 Å². The largest absolute Gasteiger partial charge is 0.278 e. The fraction of sp³-hybridized carbons (Fsp3) is 0.100. The highest BCUT2D eigenvalue weighted by Gasteiger charge is 2.13. The minimum absolute atomic E-state index is 0.107. The van der Waals surface area contributed by atoms with Gasteiger partial charge in [0, 0.05) is 17.2 Å². The SMILES string of the molecule is CSc1ccc([N+](=O)[O-])c2cccnc12. The number of hydrogen-bond acceptors (Lipinski definition) is 4. The summed E-state index contributed by atoms with van der Waals surface area (Å²) in [6, 6.07) is 6.69. The van der Waals surface area contributed by atoms with E-state index in [1.807, 2.05) is 6.26 Å². The molecule has 1 aromatic heterocycles. The van der Waals surface area contributed by atoms with Crippen LogP contribution in [0.3, 0.4) is 0 Å². The number of benzene rings is 1. The quantitative estimate of drug-likeness (QED) is 0.443. The molecule has 4 nitrogen and oxygen atoms in total. The van der Waals surface area contributed by atoms with Gasteiger partial charge in [-0.2, -0.15) is 0 Å². The van der Waals surface area contributed by atoms with Gasteiger partial charge in [0.25, 0.3) is 5.69 Å². The third kappa shape index (κ3) is 1.66. The van der Waals surface area contributed by atoms with Crippen molar-refractivity contribution in [3.8, 4) is 0 Å². The number of pyridine rings is 1. The molecule has 0 bridgehead atoms. The predicted molar refractivity (Wildman–Crippen MR) is 60.2 cm³/mol. The molecule has 0 amide bonds. The second-order valence-corrected chi connectivity index (χ2v) is 3.79. The number of hydrogen-bond donors (Lipinski definition) is 0. The van der Waals surface area contributed by atoms with E-state index < -0.39 is 0 Å². The Balaban J connectivity index is 2.83. The van der Waals surface area contributed by atoms with Crippen LogP contribution in [0, 0.1) is 10.1 Å². The van der Waals surface area contributed by atoms with E-state index in [0.29, 0.717) is 10.9 Å². The first-order chi connectivity index (χ1) is 7.24. The molecular formula is C10H8N2O2S. The highest BCUT2D eigenvalue weighted by Crippen LogP contribution is 2.30. The van der Waals surface area contributed by atoms with Crippen LogP contribution in [-0.4, -0.2) is 16.2 Å². The zero-order valence-electron chi connectivity index (χ0n) is 8.01. The summed E-state index contributed by atoms with van der Waals surface area (Å²) in [5.74, 6) is 0. The summed E-state index contributed by atoms with van der Waals surface area (Å²) in [6.07, 6.45) is 3.57. The van der Waals surface area contributed by atoms with Crippen LogP contribution in [0.1, 0.15) is 0 Å². The zero-order chi connectivity index (χ0) is 10.8. The minimum atomic E-state index is -0.381. The number of rotatable bonds is 2. The van der Waals surface area contributed by atoms with E-state index in [4.69, 9.17) is 0 Å². The first-order valence-corrected chi connectivity index (χ1v) is 5.52. The number of non-ortho nitro benzene ring substituents is 1. The van der Waals surface area contributed by atoms with E-state index in [2.05, 4.69) is 4.98 Å². The van der Waals surface area contributed by atoms with E-state index in [1.54, 1.807) is 24.4 Å². The average molecular weight is 220 g/mol. The van der Waals surface area contributed by atoms with Crippen molar-refractivity contribution in [3.05, 3.63) is 40.6 Å². The molecule has 0 N–H and O–H groups in total. The Labute approximate surface area is 90.5 Å². The first kappa shape index (κ1) is 9.92. The van der Waals surface area contributed by atoms with Gasteiger partial charge in [-0.3, -0.25) is 15.1 Å². The number of nitro benzene ring substituents is 1. The molecule has 0 radical (unpaired) electrons. The molecular weight excluding hydrogens is 212 g/mol. The van der Waals surface area contributed by atoms with Crippen LogP contribution in [0.5, 0.6) is 0 Å². The number of aromatic nitrogens is 1. The highest BCUT2D eigenvalue weighted by atomic mass is 32.2. The normalized spacial score (nSPS) is 10.5. The molecule has 2 aromatic rings. The van der Waals surface area contributed by atoms with Crippen molar-refractivity contribution in [2.75, 3.05) is 6.26 Å². The zero-order valence-corrected chi connectivity index (χ0v) is 8.82. The molecule has 76 valence electrons. The third-order valence-electron chi connectivity index (χ3n) is 2.13. The maximum Gasteiger partial charge on any atom is 0.278 e. The lowest BCUT2D eigenvalue weighted by Crippen LogP contribution is -1.91. The molecule has 15 heavy (non-hydrogen) atoms. The van der Waals surface area contributed by atoms with Gasteiger partial charge in [0.05, 0.1) is 15.8 Å². The highest BCUT2D eigenvalue weighted by molar-refractivity contribution is 7.98. The molecule has 0 aliphatic heterocycles. The van der Waals surface area contributed by atoms with Crippen molar-refractivity contribution >= 4 is 28.4 Å². The average Bonchev–Trinajstić information content (AvgIpc) is 2.27. The molecule has 1 heterocycles. The summed E-state index contributed by atoms with van der Waals surface area (Å²) in [6.45, 7) is 0. The molecule has 0 fully saturated rings. The van der Waals surface area contributed by atoms with Gasteiger partial charge in [-0.15, -0.1) is 11.8 Å². The molecule has 2 rings (SSSR count). The van der Waals surface area contributed by atoms with E-state index in [1.165, 1.54) is 17.8 Å². The van der Waals surface area contributed by atoms with Crippen LogP contribution < -0.4 is 0 Å². The smallest absolute Gasteiger partial charge is 0.258 e. The fourth-order valence-corrected chi connectivity index (χ4v) is 2.02. The first-order valence-electron chi connectivity index (χ1n) is 4.30. The molecule has 0 atom stereocenters. The molecule has 0 aliphatic carbocycles. The third-order valence-corrected chi connectivity index (χ3v) is 2.90. The summed E-state index contributed by atoms with van der Waals surface area (Å²) in [4.78, 5) is 15.5. The second kappa shape index (κ2) is 3.86. The summed E-state index contributed by atoms with van der Waals surface area (Å²) in [5, 5.41) is 11.4. The maximum atomic E-state index is 10.8. The van der Waals surface area contributed by atoms with Crippen LogP contribution in [0.15, 0.2) is 35.4 Å². The molecule has 0 unspecified atom stereocenters. The lowest BCUT2D eigenvalue weighted by Gasteiger charge is -2.02. The van der Waals surface area contributed by atoms with Crippen molar-refractivity contribution in [2.45, 2.75) is 4.90 Å². The van der Waals surface area contributed by atoms with Gasteiger partial charge >= 0.3 is 0 Å². The van der Waals surface area contributed by atoms with Gasteiger partial charge in [0.2, 0.25) is 0 Å². The number of nitrogens with zero attached hydrogens (tertiary/aromatic N) is 2. The Morgan fingerprint density at radius 1 is 1.40 bits per heavy atom. The van der Waals surface area contributed by atoms with Crippen molar-refractivity contribution in [3.63, 3.8) is 0 Å². The van der Waals surface area contributed by atoms with Crippen molar-refractivity contribution in [1.82, 2.24) is 4.98 Å². The number of thioether (sulfide) groups is 1. The van der Waals surface area contributed by atoms with Gasteiger partial charge in [-0.05, 0) is 24.5 Å². The topological polar surface area (TPSA) is 56.0 Å². The maximum absolute atomic E-state index is 10.8. The summed E-state index contributed by atoms with van der Waals surface area (Å²) in [5.41, 5.74) is 0.801. The van der Waals surface area contributed by atoms with E-state index in [9.17, 15) is 10.1 Å². The lowest BCUT2D eigenvalue weighted by atomic mass is 10.2. The summed E-state index contributed by atoms with van der Waals surface area (Å²) in [7, 11) is 0. The number of nitro groups is 1. The van der Waals surface area contributed by atoms with Crippen molar-refractivity contribution in [2.24, 2.45) is 0 Å².